The number of aromatic nitrogens is 3. The van der Waals surface area contributed by atoms with E-state index in [0.717, 1.165) is 28.2 Å². The van der Waals surface area contributed by atoms with E-state index >= 15 is 0 Å². The first kappa shape index (κ1) is 22.4. The Kier molecular flexibility index (Phi) is 5.98. The van der Waals surface area contributed by atoms with Gasteiger partial charge in [0.15, 0.2) is 5.11 Å². The molecule has 0 amide bonds. The number of benzene rings is 1. The van der Waals surface area contributed by atoms with E-state index in [1.54, 1.807) is 30.6 Å². The van der Waals surface area contributed by atoms with Crippen molar-refractivity contribution < 1.29 is 5.11 Å². The van der Waals surface area contributed by atoms with Gasteiger partial charge >= 0.3 is 0 Å². The van der Waals surface area contributed by atoms with Crippen LogP contribution in [0.3, 0.4) is 0 Å². The summed E-state index contributed by atoms with van der Waals surface area (Å²) in [7, 11) is 0. The number of rotatable bonds is 5. The molecular formula is C26H24ClN5OS. The Balaban J connectivity index is 1.64. The number of pyridine rings is 2. The van der Waals surface area contributed by atoms with Gasteiger partial charge in [-0.15, -0.1) is 0 Å². The summed E-state index contributed by atoms with van der Waals surface area (Å²) in [5, 5.41) is 15.3. The predicted molar refractivity (Wildman–Crippen MR) is 137 cm³/mol. The fourth-order valence-electron chi connectivity index (χ4n) is 4.74. The van der Waals surface area contributed by atoms with Gasteiger partial charge in [0, 0.05) is 41.5 Å². The van der Waals surface area contributed by atoms with Gasteiger partial charge in [-0.3, -0.25) is 9.97 Å². The predicted octanol–water partition coefficient (Wildman–Crippen LogP) is 5.42. The summed E-state index contributed by atoms with van der Waals surface area (Å²) in [5.74, 6) is 0.173. The van der Waals surface area contributed by atoms with Crippen LogP contribution in [0.15, 0.2) is 73.2 Å². The molecule has 1 saturated heterocycles. The van der Waals surface area contributed by atoms with Crippen molar-refractivity contribution in [1.29, 1.82) is 0 Å². The Morgan fingerprint density at radius 3 is 2.68 bits per heavy atom. The third-order valence-corrected chi connectivity index (χ3v) is 6.83. The summed E-state index contributed by atoms with van der Waals surface area (Å²) in [5.41, 5.74) is 5.73. The first-order valence-corrected chi connectivity index (χ1v) is 11.8. The molecule has 4 aromatic rings. The summed E-state index contributed by atoms with van der Waals surface area (Å²) in [4.78, 5) is 11.1. The number of nitrogens with one attached hydrogen (secondary N) is 1. The molecule has 4 heterocycles. The highest BCUT2D eigenvalue weighted by atomic mass is 35.5. The van der Waals surface area contributed by atoms with Crippen molar-refractivity contribution in [2.45, 2.75) is 32.5 Å². The van der Waals surface area contributed by atoms with Crippen LogP contribution < -0.4 is 5.32 Å². The van der Waals surface area contributed by atoms with Crippen molar-refractivity contribution in [2.24, 2.45) is 0 Å². The van der Waals surface area contributed by atoms with Crippen molar-refractivity contribution in [2.75, 3.05) is 0 Å². The van der Waals surface area contributed by atoms with Crippen LogP contribution >= 0.6 is 23.8 Å². The van der Waals surface area contributed by atoms with E-state index in [0.29, 0.717) is 22.4 Å². The highest BCUT2D eigenvalue weighted by Crippen LogP contribution is 2.42. The summed E-state index contributed by atoms with van der Waals surface area (Å²) >= 11 is 12.1. The van der Waals surface area contributed by atoms with E-state index < -0.39 is 0 Å². The van der Waals surface area contributed by atoms with Crippen LogP contribution in [0.5, 0.6) is 5.75 Å². The van der Waals surface area contributed by atoms with Gasteiger partial charge in [0.25, 0.3) is 0 Å². The van der Waals surface area contributed by atoms with Crippen molar-refractivity contribution in [3.63, 3.8) is 0 Å². The first-order valence-electron chi connectivity index (χ1n) is 11.0. The van der Waals surface area contributed by atoms with Crippen LogP contribution in [0.1, 0.15) is 40.3 Å². The van der Waals surface area contributed by atoms with Crippen LogP contribution in [0, 0.1) is 13.8 Å². The molecule has 0 spiro atoms. The second-order valence-electron chi connectivity index (χ2n) is 8.41. The molecule has 0 unspecified atom stereocenters. The van der Waals surface area contributed by atoms with E-state index in [1.807, 2.05) is 48.0 Å². The fourth-order valence-corrected chi connectivity index (χ4v) is 5.21. The normalized spacial score (nSPS) is 17.7. The van der Waals surface area contributed by atoms with Crippen molar-refractivity contribution in [3.8, 4) is 11.4 Å². The molecule has 0 radical (unpaired) electrons. The highest BCUT2D eigenvalue weighted by molar-refractivity contribution is 7.80. The molecule has 1 aliphatic rings. The molecule has 2 N–H and O–H groups in total. The molecule has 2 atom stereocenters. The Hall–Kier alpha value is -3.42. The molecule has 6 nitrogen and oxygen atoms in total. The molecule has 0 aliphatic carbocycles. The van der Waals surface area contributed by atoms with Crippen LogP contribution in [-0.2, 0) is 6.54 Å². The van der Waals surface area contributed by atoms with Gasteiger partial charge in [0.05, 0.1) is 23.5 Å². The minimum atomic E-state index is -0.132. The van der Waals surface area contributed by atoms with Crippen molar-refractivity contribution in [1.82, 2.24) is 24.8 Å². The number of thiocarbonyl (C=S) groups is 1. The van der Waals surface area contributed by atoms with Crippen LogP contribution in [0.2, 0.25) is 5.02 Å². The average Bonchev–Trinajstić information content (AvgIpc) is 3.31. The lowest BCUT2D eigenvalue weighted by molar-refractivity contribution is 0.310. The zero-order valence-corrected chi connectivity index (χ0v) is 20.4. The topological polar surface area (TPSA) is 66.2 Å². The number of halogens is 1. The van der Waals surface area contributed by atoms with Gasteiger partial charge in [-0.05, 0) is 79.7 Å². The van der Waals surface area contributed by atoms with Crippen molar-refractivity contribution in [3.05, 3.63) is 106 Å². The molecule has 1 aromatic carbocycles. The Labute approximate surface area is 208 Å². The zero-order chi connectivity index (χ0) is 23.8. The number of phenolic OH excluding ortho intramolecular Hbond substituents is 1. The van der Waals surface area contributed by atoms with Crippen molar-refractivity contribution >= 4 is 28.9 Å². The van der Waals surface area contributed by atoms with E-state index in [4.69, 9.17) is 23.8 Å². The lowest BCUT2D eigenvalue weighted by atomic mass is 9.96. The minimum absolute atomic E-state index is 0.108. The third kappa shape index (κ3) is 4.02. The Morgan fingerprint density at radius 1 is 1.09 bits per heavy atom. The lowest BCUT2D eigenvalue weighted by Gasteiger charge is -2.28. The number of hydrogen-bond donors (Lipinski definition) is 2. The monoisotopic (exact) mass is 489 g/mol. The second-order valence-corrected chi connectivity index (χ2v) is 9.23. The first-order chi connectivity index (χ1) is 16.4. The van der Waals surface area contributed by atoms with Gasteiger partial charge in [0.2, 0.25) is 0 Å². The summed E-state index contributed by atoms with van der Waals surface area (Å²) < 4.78 is 2.04. The fraction of sp³-hybridized carbons (Fsp3) is 0.192. The quantitative estimate of drug-likeness (QED) is 0.365. The smallest absolute Gasteiger partial charge is 0.170 e. The Morgan fingerprint density at radius 2 is 1.94 bits per heavy atom. The molecule has 8 heteroatoms. The van der Waals surface area contributed by atoms with Crippen LogP contribution in [0.25, 0.3) is 5.69 Å². The molecular weight excluding hydrogens is 466 g/mol. The van der Waals surface area contributed by atoms with E-state index in [2.05, 4.69) is 33.2 Å². The molecule has 34 heavy (non-hydrogen) atoms. The number of hydrogen-bond acceptors (Lipinski definition) is 4. The lowest BCUT2D eigenvalue weighted by Crippen LogP contribution is -2.29. The van der Waals surface area contributed by atoms with Gasteiger partial charge < -0.3 is 19.9 Å². The number of aryl methyl sites for hydroxylation is 1. The third-order valence-electron chi connectivity index (χ3n) is 6.24. The van der Waals surface area contributed by atoms with Gasteiger partial charge in [0.1, 0.15) is 5.75 Å². The molecule has 172 valence electrons. The highest BCUT2D eigenvalue weighted by Gasteiger charge is 2.41. The average molecular weight is 490 g/mol. The molecule has 3 aromatic heterocycles. The standard InChI is InChI=1S/C26H24ClN5OS/c1-16-12-20(17(2)32(16)22-13-19(27)8-9-23(22)33)25-24(21-7-3-4-11-29-21)30-26(34)31(25)15-18-6-5-10-28-14-18/h3-14,24-25,33H,15H2,1-2H3,(H,30,34)/t24-,25-/m1/s1. The summed E-state index contributed by atoms with van der Waals surface area (Å²) in [6.45, 7) is 4.69. The van der Waals surface area contributed by atoms with Gasteiger partial charge in [-0.1, -0.05) is 23.7 Å². The largest absolute Gasteiger partial charge is 0.506 e. The van der Waals surface area contributed by atoms with Crippen LogP contribution in [-0.4, -0.2) is 29.7 Å². The number of nitrogens with zero attached hydrogens (tertiary/aromatic N) is 4. The molecule has 1 fully saturated rings. The van der Waals surface area contributed by atoms with Gasteiger partial charge in [-0.2, -0.15) is 0 Å². The number of aromatic hydroxyl groups is 1. The maximum atomic E-state index is 10.6. The molecule has 0 saturated carbocycles. The second kappa shape index (κ2) is 9.08. The molecule has 1 aliphatic heterocycles. The van der Waals surface area contributed by atoms with Crippen LogP contribution in [0.4, 0.5) is 0 Å². The molecule has 5 rings (SSSR count). The zero-order valence-electron chi connectivity index (χ0n) is 18.8. The maximum Gasteiger partial charge on any atom is 0.170 e. The summed E-state index contributed by atoms with van der Waals surface area (Å²) in [6.07, 6.45) is 5.43. The van der Waals surface area contributed by atoms with Gasteiger partial charge in [-0.25, -0.2) is 0 Å². The SMILES string of the molecule is Cc1cc([C@@H]2[C@@H](c3ccccn3)NC(=S)N2Cc2cccnc2)c(C)n1-c1cc(Cl)ccc1O. The Bertz CT molecular complexity index is 1340. The van der Waals surface area contributed by atoms with E-state index in [-0.39, 0.29) is 17.8 Å². The van der Waals surface area contributed by atoms with E-state index in [1.165, 1.54) is 0 Å². The van der Waals surface area contributed by atoms with E-state index in [9.17, 15) is 5.11 Å². The summed E-state index contributed by atoms with van der Waals surface area (Å²) in [6, 6.07) is 16.9. The number of phenols is 1. The maximum absolute atomic E-state index is 10.6. The molecule has 0 bridgehead atoms. The minimum Gasteiger partial charge on any atom is -0.506 e.